The number of aromatic nitrogens is 1. The van der Waals surface area contributed by atoms with Crippen molar-refractivity contribution in [1.29, 1.82) is 0 Å². The molecule has 2 heterocycles. The first kappa shape index (κ1) is 23.1. The van der Waals surface area contributed by atoms with Crippen LogP contribution in [0.1, 0.15) is 32.3 Å². The fourth-order valence-electron chi connectivity index (χ4n) is 4.96. The third kappa shape index (κ3) is 4.53. The average molecular weight is 446 g/mol. The van der Waals surface area contributed by atoms with Gasteiger partial charge in [0.1, 0.15) is 5.82 Å². The normalized spacial score (nSPS) is 14.5. The molecule has 1 aromatic heterocycles. The summed E-state index contributed by atoms with van der Waals surface area (Å²) in [7, 11) is 0. The zero-order valence-electron chi connectivity index (χ0n) is 19.8. The number of carbonyl (C=O) groups is 1. The smallest absolute Gasteiger partial charge is 0.233 e. The van der Waals surface area contributed by atoms with Gasteiger partial charge in [-0.15, -0.1) is 0 Å². The van der Waals surface area contributed by atoms with E-state index in [1.165, 1.54) is 0 Å². The van der Waals surface area contributed by atoms with Crippen molar-refractivity contribution in [3.63, 3.8) is 0 Å². The van der Waals surface area contributed by atoms with E-state index in [9.17, 15) is 4.79 Å². The van der Waals surface area contributed by atoms with Crippen LogP contribution in [0.25, 0.3) is 10.9 Å². The van der Waals surface area contributed by atoms with Gasteiger partial charge in [-0.25, -0.2) is 4.98 Å². The summed E-state index contributed by atoms with van der Waals surface area (Å²) < 4.78 is 0. The Labute approximate surface area is 196 Å². The molecule has 0 aliphatic carbocycles. The first-order valence-electron chi connectivity index (χ1n) is 12.1. The van der Waals surface area contributed by atoms with E-state index < -0.39 is 5.41 Å². The molecule has 1 fully saturated rings. The predicted molar refractivity (Wildman–Crippen MR) is 137 cm³/mol. The number of piperazine rings is 1. The van der Waals surface area contributed by atoms with Crippen LogP contribution in [-0.2, 0) is 10.2 Å². The van der Waals surface area contributed by atoms with Gasteiger partial charge in [0.2, 0.25) is 5.91 Å². The first-order valence-corrected chi connectivity index (χ1v) is 12.1. The second-order valence-electron chi connectivity index (χ2n) is 8.70. The summed E-state index contributed by atoms with van der Waals surface area (Å²) in [6.45, 7) is 8.48. The molecular formula is C27H35N5O. The number of nitrogens with two attached hydrogens (primary N) is 1. The van der Waals surface area contributed by atoms with Gasteiger partial charge in [0, 0.05) is 56.4 Å². The van der Waals surface area contributed by atoms with Crippen LogP contribution in [0.3, 0.4) is 0 Å². The molecule has 3 aromatic rings. The number of benzene rings is 2. The Kier molecular flexibility index (Phi) is 7.14. The van der Waals surface area contributed by atoms with Gasteiger partial charge in [0.25, 0.3) is 0 Å². The Morgan fingerprint density at radius 1 is 1.00 bits per heavy atom. The summed E-state index contributed by atoms with van der Waals surface area (Å²) in [6.07, 6.45) is 1.60. The number of pyridine rings is 1. The Bertz CT molecular complexity index is 1070. The number of carbonyl (C=O) groups excluding carboxylic acids is 1. The lowest BCUT2D eigenvalue weighted by Gasteiger charge is -2.41. The number of nitrogens with one attached hydrogen (secondary N) is 1. The quantitative estimate of drug-likeness (QED) is 0.548. The number of hydrogen-bond acceptors (Lipinski definition) is 5. The zero-order valence-corrected chi connectivity index (χ0v) is 19.8. The van der Waals surface area contributed by atoms with E-state index in [0.29, 0.717) is 26.2 Å². The third-order valence-corrected chi connectivity index (χ3v) is 7.00. The molecule has 1 amide bonds. The van der Waals surface area contributed by atoms with Crippen LogP contribution < -0.4 is 16.0 Å². The van der Waals surface area contributed by atoms with Gasteiger partial charge >= 0.3 is 0 Å². The molecule has 4 rings (SSSR count). The Balaban J connectivity index is 1.53. The van der Waals surface area contributed by atoms with Crippen molar-refractivity contribution in [3.8, 4) is 0 Å². The minimum absolute atomic E-state index is 0.245. The Morgan fingerprint density at radius 3 is 2.33 bits per heavy atom. The van der Waals surface area contributed by atoms with Crippen molar-refractivity contribution in [2.45, 2.75) is 32.1 Å². The number of nitrogens with zero attached hydrogens (tertiary/aromatic N) is 3. The van der Waals surface area contributed by atoms with Gasteiger partial charge in [-0.1, -0.05) is 62.4 Å². The second kappa shape index (κ2) is 10.2. The summed E-state index contributed by atoms with van der Waals surface area (Å²) in [5, 5.41) is 4.54. The van der Waals surface area contributed by atoms with Crippen molar-refractivity contribution >= 4 is 28.3 Å². The minimum atomic E-state index is -0.454. The van der Waals surface area contributed by atoms with E-state index in [1.54, 1.807) is 0 Å². The highest BCUT2D eigenvalue weighted by atomic mass is 16.2. The van der Waals surface area contributed by atoms with Gasteiger partial charge < -0.3 is 20.9 Å². The number of rotatable bonds is 8. The monoisotopic (exact) mass is 445 g/mol. The number of para-hydroxylation sites is 1. The molecule has 174 valence electrons. The molecule has 6 heteroatoms. The lowest BCUT2D eigenvalue weighted by molar-refractivity contribution is -0.138. The van der Waals surface area contributed by atoms with Crippen molar-refractivity contribution < 1.29 is 4.79 Å². The van der Waals surface area contributed by atoms with Gasteiger partial charge in [-0.3, -0.25) is 4.79 Å². The highest BCUT2D eigenvalue weighted by Gasteiger charge is 2.40. The fourth-order valence-corrected chi connectivity index (χ4v) is 4.96. The summed E-state index contributed by atoms with van der Waals surface area (Å²) >= 11 is 0. The van der Waals surface area contributed by atoms with Gasteiger partial charge in [0.15, 0.2) is 0 Å². The summed E-state index contributed by atoms with van der Waals surface area (Å²) in [5.41, 5.74) is 8.41. The Hall–Kier alpha value is -3.12. The highest BCUT2D eigenvalue weighted by Crippen LogP contribution is 2.34. The van der Waals surface area contributed by atoms with Crippen LogP contribution >= 0.6 is 0 Å². The molecule has 33 heavy (non-hydrogen) atoms. The van der Waals surface area contributed by atoms with Crippen LogP contribution in [-0.4, -0.2) is 55.1 Å². The lowest BCUT2D eigenvalue weighted by Crippen LogP contribution is -2.54. The van der Waals surface area contributed by atoms with E-state index in [-0.39, 0.29) is 5.91 Å². The molecule has 0 spiro atoms. The maximum atomic E-state index is 13.7. The topological polar surface area (TPSA) is 74.5 Å². The lowest BCUT2D eigenvalue weighted by atomic mass is 9.74. The highest BCUT2D eigenvalue weighted by molar-refractivity contribution is 5.93. The molecule has 1 saturated heterocycles. The van der Waals surface area contributed by atoms with Crippen molar-refractivity contribution in [3.05, 3.63) is 66.2 Å². The molecule has 2 aromatic carbocycles. The molecule has 0 radical (unpaired) electrons. The maximum Gasteiger partial charge on any atom is 0.233 e. The number of fused-ring (bicyclic) bond motifs is 1. The van der Waals surface area contributed by atoms with Crippen LogP contribution in [0.5, 0.6) is 0 Å². The first-order chi connectivity index (χ1) is 16.1. The van der Waals surface area contributed by atoms with E-state index in [1.807, 2.05) is 41.3 Å². The number of amides is 1. The molecule has 0 saturated carbocycles. The molecule has 0 bridgehead atoms. The predicted octanol–water partition coefficient (Wildman–Crippen LogP) is 4.01. The summed E-state index contributed by atoms with van der Waals surface area (Å²) in [6, 6.07) is 20.5. The molecular weight excluding hydrogens is 410 g/mol. The molecule has 6 nitrogen and oxygen atoms in total. The van der Waals surface area contributed by atoms with Crippen molar-refractivity contribution in [2.24, 2.45) is 5.73 Å². The molecule has 0 unspecified atom stereocenters. The van der Waals surface area contributed by atoms with Crippen LogP contribution in [0.4, 0.5) is 11.5 Å². The average Bonchev–Trinajstić information content (AvgIpc) is 2.89. The third-order valence-electron chi connectivity index (χ3n) is 7.00. The van der Waals surface area contributed by atoms with Gasteiger partial charge in [0.05, 0.1) is 10.9 Å². The zero-order chi connectivity index (χ0) is 23.3. The molecule has 1 aliphatic rings. The molecule has 1 aliphatic heterocycles. The van der Waals surface area contributed by atoms with Crippen molar-refractivity contribution in [1.82, 2.24) is 9.88 Å². The van der Waals surface area contributed by atoms with E-state index in [4.69, 9.17) is 10.7 Å². The van der Waals surface area contributed by atoms with Crippen LogP contribution in [0.2, 0.25) is 0 Å². The SMILES string of the molecule is CCC(CC)(C(=O)N1CCN(c2cc(NCCN)c3ccccc3n2)CC1)c1ccccc1. The van der Waals surface area contributed by atoms with Crippen molar-refractivity contribution in [2.75, 3.05) is 49.5 Å². The second-order valence-corrected chi connectivity index (χ2v) is 8.70. The standard InChI is InChI=1S/C27H35N5O/c1-3-27(4-2,21-10-6-5-7-11-21)26(33)32-18-16-31(17-19-32)25-20-24(29-15-14-28)22-12-8-9-13-23(22)30-25/h5-13,20H,3-4,14-19,28H2,1-2H3,(H,29,30). The minimum Gasteiger partial charge on any atom is -0.383 e. The van der Waals surface area contributed by atoms with Crippen LogP contribution in [0, 0.1) is 0 Å². The molecule has 3 N–H and O–H groups in total. The maximum absolute atomic E-state index is 13.7. The number of anilines is 2. The number of hydrogen-bond donors (Lipinski definition) is 2. The van der Waals surface area contributed by atoms with E-state index in [0.717, 1.165) is 53.9 Å². The van der Waals surface area contributed by atoms with Crippen LogP contribution in [0.15, 0.2) is 60.7 Å². The fraction of sp³-hybridized carbons (Fsp3) is 0.407. The summed E-state index contributed by atoms with van der Waals surface area (Å²) in [5.74, 6) is 1.19. The van der Waals surface area contributed by atoms with E-state index in [2.05, 4.69) is 48.3 Å². The Morgan fingerprint density at radius 2 is 1.67 bits per heavy atom. The largest absolute Gasteiger partial charge is 0.383 e. The summed E-state index contributed by atoms with van der Waals surface area (Å²) in [4.78, 5) is 23.0. The molecule has 0 atom stereocenters. The van der Waals surface area contributed by atoms with Gasteiger partial charge in [-0.2, -0.15) is 0 Å². The van der Waals surface area contributed by atoms with E-state index >= 15 is 0 Å². The van der Waals surface area contributed by atoms with Gasteiger partial charge in [-0.05, 0) is 24.5 Å².